The number of methoxy groups -OCH3 is 1. The van der Waals surface area contributed by atoms with E-state index in [-0.39, 0.29) is 26.9 Å². The summed E-state index contributed by atoms with van der Waals surface area (Å²) in [5.41, 5.74) is 23.1. The maximum Gasteiger partial charge on any atom is 0.187 e. The van der Waals surface area contributed by atoms with E-state index in [0.717, 1.165) is 27.8 Å². The Morgan fingerprint density at radius 3 is 1.53 bits per heavy atom. The third-order valence-electron chi connectivity index (χ3n) is 12.6. The molecule has 8 aromatic carbocycles. The van der Waals surface area contributed by atoms with E-state index in [9.17, 15) is 5.11 Å². The number of aliphatic imine (C=N–C) groups is 1. The van der Waals surface area contributed by atoms with Gasteiger partial charge in [0, 0.05) is 33.2 Å². The quantitative estimate of drug-likeness (QED) is 0.0521. The van der Waals surface area contributed by atoms with Crippen LogP contribution in [0.15, 0.2) is 187 Å². The number of ether oxygens (including phenoxy) is 5. The number of nitrogens with one attached hydrogen (secondary N) is 1. The monoisotopic (exact) mass is 1070 g/mol. The van der Waals surface area contributed by atoms with E-state index < -0.39 is 12.2 Å². The number of nitrogens with two attached hydrogens (primary N) is 2. The molecule has 1 unspecified atom stereocenters. The van der Waals surface area contributed by atoms with Crippen LogP contribution in [0.2, 0.25) is 0 Å². The van der Waals surface area contributed by atoms with Gasteiger partial charge in [0.05, 0.1) is 44.6 Å². The Labute approximate surface area is 465 Å². The second kappa shape index (κ2) is 30.2. The summed E-state index contributed by atoms with van der Waals surface area (Å²) >= 11 is 0. The van der Waals surface area contributed by atoms with Crippen LogP contribution in [0.5, 0.6) is 28.7 Å². The number of benzene rings is 8. The van der Waals surface area contributed by atoms with E-state index in [1.165, 1.54) is 33.4 Å². The number of hydrogen-bond acceptors (Lipinski definition) is 11. The minimum Gasteiger partial charge on any atom is -0.493 e. The molecule has 0 saturated carbocycles. The number of halogens is 1. The number of rotatable bonds is 18. The molecule has 0 amide bonds. The average Bonchev–Trinajstić information content (AvgIpc) is 3.49. The maximum absolute atomic E-state index is 9.84. The number of amidine groups is 1. The molecule has 1 atom stereocenters. The molecule has 0 aliphatic carbocycles. The lowest BCUT2D eigenvalue weighted by Crippen LogP contribution is -2.39. The van der Waals surface area contributed by atoms with Gasteiger partial charge in [-0.1, -0.05) is 133 Å². The van der Waals surface area contributed by atoms with Crippen LogP contribution in [-0.2, 0) is 26.4 Å². The highest BCUT2D eigenvalue weighted by atomic mass is 35.5. The summed E-state index contributed by atoms with van der Waals surface area (Å²) < 4.78 is 30.0. The molecule has 0 radical (unpaired) electrons. The number of aliphatic hydroxyl groups is 2. The first-order chi connectivity index (χ1) is 37.6. The van der Waals surface area contributed by atoms with Crippen molar-refractivity contribution in [3.63, 3.8) is 0 Å². The van der Waals surface area contributed by atoms with Gasteiger partial charge in [-0.2, -0.15) is 0 Å². The SMILES string of the molecule is Cl.NCC(O)CN.[C-]#[N+]c1cccc(COc2cc(OCc3cccc(-c4ccccc4)c3C)ccc2C2=NCC(O)CN2)c1.[C-]#[N+]c1cccc(COc2cc(OCc3cccc(-c4ccccc4)c3C)ccc2OC)c1.[HH]. The first kappa shape index (κ1) is 58.6. The zero-order valence-corrected chi connectivity index (χ0v) is 44.8. The van der Waals surface area contributed by atoms with Crippen LogP contribution in [0.25, 0.3) is 31.9 Å². The van der Waals surface area contributed by atoms with Crippen molar-refractivity contribution >= 4 is 29.6 Å². The summed E-state index contributed by atoms with van der Waals surface area (Å²) in [6.45, 7) is 21.5. The molecule has 78 heavy (non-hydrogen) atoms. The highest BCUT2D eigenvalue weighted by molar-refractivity contribution is 6.01. The standard InChI is InChI=1S/C32H29N3O3.C29H25NO3.C3H10N2O.ClH.H2/c1-22-25(11-7-13-29(22)24-9-4-3-5-10-24)21-37-28-14-15-30(32-34-18-27(36)19-35-32)31(17-28)38-20-23-8-6-12-26(16-23)33-2;1-21-24(12-8-14-27(21)23-10-5-4-6-11-23)20-32-26-15-16-28(31-3)29(18-26)33-19-22-9-7-13-25(17-22)30-2;4-1-3(6)2-5;;/h3-17,27,36H,18-21H2,1H3,(H,34,35);4-18H,19-20H2,1,3H3;3,6H,1-2,4-5H2;2*1H. The van der Waals surface area contributed by atoms with Gasteiger partial charge >= 0.3 is 0 Å². The van der Waals surface area contributed by atoms with Crippen LogP contribution in [0, 0.1) is 27.0 Å². The summed E-state index contributed by atoms with van der Waals surface area (Å²) in [4.78, 5) is 11.5. The Kier molecular flexibility index (Phi) is 22.7. The second-order valence-corrected chi connectivity index (χ2v) is 17.9. The molecule has 0 aromatic heterocycles. The van der Waals surface area contributed by atoms with E-state index in [1.54, 1.807) is 19.2 Å². The molecule has 7 N–H and O–H groups in total. The Bertz CT molecular complexity index is 3310. The molecule has 1 heterocycles. The van der Waals surface area contributed by atoms with Gasteiger partial charge in [0.15, 0.2) is 22.9 Å². The Morgan fingerprint density at radius 2 is 1.06 bits per heavy atom. The molecule has 8 aromatic rings. The van der Waals surface area contributed by atoms with Gasteiger partial charge in [-0.25, -0.2) is 9.69 Å². The number of nitrogens with zero attached hydrogens (tertiary/aromatic N) is 3. The molecule has 402 valence electrons. The lowest BCUT2D eigenvalue weighted by atomic mass is 9.97. The van der Waals surface area contributed by atoms with Crippen LogP contribution in [0.3, 0.4) is 0 Å². The van der Waals surface area contributed by atoms with E-state index in [0.29, 0.717) is 85.5 Å². The van der Waals surface area contributed by atoms with Crippen molar-refractivity contribution in [2.75, 3.05) is 33.3 Å². The predicted molar refractivity (Wildman–Crippen MR) is 314 cm³/mol. The van der Waals surface area contributed by atoms with Gasteiger partial charge in [-0.3, -0.25) is 4.99 Å². The van der Waals surface area contributed by atoms with Crippen molar-refractivity contribution in [2.24, 2.45) is 16.5 Å². The normalized spacial score (nSPS) is 12.3. The van der Waals surface area contributed by atoms with Crippen LogP contribution in [-0.4, -0.2) is 61.5 Å². The van der Waals surface area contributed by atoms with Crippen LogP contribution in [0.1, 0.15) is 40.4 Å². The lowest BCUT2D eigenvalue weighted by molar-refractivity contribution is 0.181. The molecule has 1 aliphatic heterocycles. The Morgan fingerprint density at radius 1 is 0.577 bits per heavy atom. The van der Waals surface area contributed by atoms with Crippen LogP contribution >= 0.6 is 12.4 Å². The van der Waals surface area contributed by atoms with Crippen molar-refractivity contribution in [3.8, 4) is 51.0 Å². The smallest absolute Gasteiger partial charge is 0.187 e. The molecule has 0 spiro atoms. The molecule has 1 aliphatic rings. The fourth-order valence-corrected chi connectivity index (χ4v) is 8.19. The summed E-state index contributed by atoms with van der Waals surface area (Å²) in [6.07, 6.45) is -1.01. The Balaban J connectivity index is 0.000000259. The van der Waals surface area contributed by atoms with E-state index in [4.69, 9.17) is 53.4 Å². The first-order valence-corrected chi connectivity index (χ1v) is 25.2. The minimum atomic E-state index is -0.509. The highest BCUT2D eigenvalue weighted by Gasteiger charge is 2.19. The molecule has 14 heteroatoms. The van der Waals surface area contributed by atoms with E-state index in [1.807, 2.05) is 97.1 Å². The molecule has 0 saturated heterocycles. The molecule has 13 nitrogen and oxygen atoms in total. The van der Waals surface area contributed by atoms with E-state index >= 15 is 0 Å². The van der Waals surface area contributed by atoms with Crippen molar-refractivity contribution < 1.29 is 35.3 Å². The van der Waals surface area contributed by atoms with Crippen molar-refractivity contribution in [2.45, 2.75) is 52.5 Å². The molecule has 0 bridgehead atoms. The average molecular weight is 1070 g/mol. The summed E-state index contributed by atoms with van der Waals surface area (Å²) in [7, 11) is 1.61. The summed E-state index contributed by atoms with van der Waals surface area (Å²) in [5, 5.41) is 21.4. The fourth-order valence-electron chi connectivity index (χ4n) is 8.19. The van der Waals surface area contributed by atoms with Gasteiger partial charge in [-0.05, 0) is 106 Å². The fraction of sp³-hybridized carbons (Fsp3) is 0.203. The minimum absolute atomic E-state index is 0. The largest absolute Gasteiger partial charge is 0.493 e. The van der Waals surface area contributed by atoms with Gasteiger partial charge in [0.1, 0.15) is 49.5 Å². The predicted octanol–water partition coefficient (Wildman–Crippen LogP) is 12.4. The van der Waals surface area contributed by atoms with Crippen LogP contribution in [0.4, 0.5) is 11.4 Å². The van der Waals surface area contributed by atoms with E-state index in [2.05, 4.69) is 107 Å². The molecular weight excluding hydrogens is 1000 g/mol. The maximum atomic E-state index is 9.84. The first-order valence-electron chi connectivity index (χ1n) is 25.2. The van der Waals surface area contributed by atoms with Gasteiger partial charge in [-0.15, -0.1) is 12.4 Å². The second-order valence-electron chi connectivity index (χ2n) is 17.9. The Hall–Kier alpha value is -8.66. The number of aliphatic hydroxyl groups excluding tert-OH is 2. The van der Waals surface area contributed by atoms with Crippen molar-refractivity contribution in [1.29, 1.82) is 0 Å². The summed E-state index contributed by atoms with van der Waals surface area (Å²) in [5.74, 6) is 3.90. The molecule has 0 fully saturated rings. The number of hydrogen-bond donors (Lipinski definition) is 5. The van der Waals surface area contributed by atoms with Crippen molar-refractivity contribution in [1.82, 2.24) is 5.32 Å². The van der Waals surface area contributed by atoms with Gasteiger partial charge in [0.25, 0.3) is 0 Å². The topological polar surface area (TPSA) is 172 Å². The van der Waals surface area contributed by atoms with Crippen LogP contribution < -0.4 is 40.5 Å². The molecule has 9 rings (SSSR count). The lowest BCUT2D eigenvalue weighted by Gasteiger charge is -2.21. The zero-order valence-electron chi connectivity index (χ0n) is 44.0. The summed E-state index contributed by atoms with van der Waals surface area (Å²) in [6, 6.07) is 59.3. The van der Waals surface area contributed by atoms with Gasteiger partial charge in [0.2, 0.25) is 0 Å². The van der Waals surface area contributed by atoms with Gasteiger partial charge < -0.3 is 50.7 Å². The van der Waals surface area contributed by atoms with Crippen molar-refractivity contribution in [3.05, 3.63) is 244 Å². The zero-order chi connectivity index (χ0) is 54.4. The number of β-amino-alcohol motifs (C(OH)–C–C–N with tert-alkyl or cyclic N) is 1. The highest BCUT2D eigenvalue weighted by Crippen LogP contribution is 2.34. The third kappa shape index (κ3) is 16.7. The molecular formula is C64H67ClN6O7. The third-order valence-corrected chi connectivity index (χ3v) is 12.6.